The van der Waals surface area contributed by atoms with E-state index in [0.29, 0.717) is 11.4 Å². The monoisotopic (exact) mass is 504 g/mol. The molecule has 1 fully saturated rings. The quantitative estimate of drug-likeness (QED) is 0.309. The van der Waals surface area contributed by atoms with E-state index < -0.39 is 11.7 Å². The Hall–Kier alpha value is -3.42. The molecule has 3 aromatic carbocycles. The number of aryl methyl sites for hydroxylation is 1. The molecular weight excluding hydrogens is 473 g/mol. The average molecular weight is 505 g/mol. The van der Waals surface area contributed by atoms with Crippen LogP contribution >= 0.6 is 0 Å². The number of alkyl halides is 3. The normalized spacial score (nSPS) is 15.4. The van der Waals surface area contributed by atoms with Gasteiger partial charge in [0, 0.05) is 38.3 Å². The van der Waals surface area contributed by atoms with Crippen molar-refractivity contribution in [3.63, 3.8) is 0 Å². The Morgan fingerprint density at radius 2 is 1.38 bits per heavy atom. The molecule has 0 aliphatic carbocycles. The first-order valence-corrected chi connectivity index (χ1v) is 12.7. The van der Waals surface area contributed by atoms with E-state index in [9.17, 15) is 13.2 Å². The zero-order chi connectivity index (χ0) is 25.8. The summed E-state index contributed by atoms with van der Waals surface area (Å²) in [6.07, 6.45) is -3.58. The summed E-state index contributed by atoms with van der Waals surface area (Å²) >= 11 is 0. The van der Waals surface area contributed by atoms with Crippen molar-refractivity contribution in [3.8, 4) is 11.4 Å². The summed E-state index contributed by atoms with van der Waals surface area (Å²) in [5, 5.41) is 0. The minimum absolute atomic E-state index is 0.217. The number of aromatic amines is 1. The van der Waals surface area contributed by atoms with Crippen LogP contribution in [-0.2, 0) is 19.1 Å². The van der Waals surface area contributed by atoms with Crippen molar-refractivity contribution in [2.45, 2.75) is 32.1 Å². The van der Waals surface area contributed by atoms with Gasteiger partial charge in [-0.05, 0) is 29.7 Å². The lowest BCUT2D eigenvalue weighted by Crippen LogP contribution is -2.47. The predicted octanol–water partition coefficient (Wildman–Crippen LogP) is 6.57. The second kappa shape index (κ2) is 10.9. The van der Waals surface area contributed by atoms with Crippen LogP contribution in [0.1, 0.15) is 41.0 Å². The summed E-state index contributed by atoms with van der Waals surface area (Å²) in [6.45, 7) is 6.53. The smallest absolute Gasteiger partial charge is 0.341 e. The second-order valence-electron chi connectivity index (χ2n) is 9.48. The number of halogens is 3. The van der Waals surface area contributed by atoms with Gasteiger partial charge in [0.25, 0.3) is 0 Å². The number of hydrogen-bond donors (Lipinski definition) is 1. The Morgan fingerprint density at radius 1 is 0.811 bits per heavy atom. The first-order valence-electron chi connectivity index (χ1n) is 12.7. The van der Waals surface area contributed by atoms with Gasteiger partial charge < -0.3 is 4.98 Å². The predicted molar refractivity (Wildman–Crippen MR) is 140 cm³/mol. The lowest BCUT2D eigenvalue weighted by molar-refractivity contribution is -0.137. The SMILES string of the molecule is CCc1nc(-c2ccc(C(F)(F)F)cc2)[nH]c1CN1CCN(C(c2ccccc2)c2ccccc2)CC1. The molecule has 4 nitrogen and oxygen atoms in total. The summed E-state index contributed by atoms with van der Waals surface area (Å²) in [5.41, 5.74) is 4.60. The third kappa shape index (κ3) is 5.78. The molecule has 0 saturated carbocycles. The van der Waals surface area contributed by atoms with Gasteiger partial charge in [-0.25, -0.2) is 4.98 Å². The first-order chi connectivity index (χ1) is 17.9. The van der Waals surface area contributed by atoms with Crippen molar-refractivity contribution in [2.75, 3.05) is 26.2 Å². The number of rotatable bonds is 7. The summed E-state index contributed by atoms with van der Waals surface area (Å²) in [5.74, 6) is 0.618. The van der Waals surface area contributed by atoms with Crippen molar-refractivity contribution in [3.05, 3.63) is 113 Å². The largest absolute Gasteiger partial charge is 0.416 e. The molecule has 0 bridgehead atoms. The number of imidazole rings is 1. The van der Waals surface area contributed by atoms with E-state index in [-0.39, 0.29) is 6.04 Å². The van der Waals surface area contributed by atoms with Crippen LogP contribution in [0, 0.1) is 0 Å². The highest BCUT2D eigenvalue weighted by molar-refractivity contribution is 5.56. The first kappa shape index (κ1) is 25.2. The van der Waals surface area contributed by atoms with Crippen LogP contribution in [0.3, 0.4) is 0 Å². The maximum Gasteiger partial charge on any atom is 0.416 e. The fraction of sp³-hybridized carbons (Fsp3) is 0.300. The third-order valence-electron chi connectivity index (χ3n) is 7.07. The Bertz CT molecular complexity index is 1240. The molecule has 37 heavy (non-hydrogen) atoms. The molecule has 0 amide bonds. The van der Waals surface area contributed by atoms with Gasteiger partial charge in [-0.15, -0.1) is 0 Å². The van der Waals surface area contributed by atoms with Crippen molar-refractivity contribution >= 4 is 0 Å². The maximum absolute atomic E-state index is 12.9. The van der Waals surface area contributed by atoms with Crippen LogP contribution in [0.4, 0.5) is 13.2 Å². The summed E-state index contributed by atoms with van der Waals surface area (Å²) in [6, 6.07) is 26.7. The summed E-state index contributed by atoms with van der Waals surface area (Å²) < 4.78 is 38.8. The molecular formula is C30H31F3N4. The van der Waals surface area contributed by atoms with Crippen molar-refractivity contribution in [2.24, 2.45) is 0 Å². The number of H-pyrrole nitrogens is 1. The van der Waals surface area contributed by atoms with Gasteiger partial charge in [-0.1, -0.05) is 79.7 Å². The molecule has 4 aromatic rings. The molecule has 1 aliphatic rings. The Kier molecular flexibility index (Phi) is 7.44. The summed E-state index contributed by atoms with van der Waals surface area (Å²) in [7, 11) is 0. The molecule has 7 heteroatoms. The molecule has 0 spiro atoms. The number of piperazine rings is 1. The Labute approximate surface area is 215 Å². The van der Waals surface area contributed by atoms with E-state index >= 15 is 0 Å². The number of benzene rings is 3. The highest BCUT2D eigenvalue weighted by atomic mass is 19.4. The van der Waals surface area contributed by atoms with Gasteiger partial charge in [-0.3, -0.25) is 9.80 Å². The zero-order valence-electron chi connectivity index (χ0n) is 20.9. The standard InChI is InChI=1S/C30H31F3N4/c1-2-26-27(35-29(34-26)24-13-15-25(16-14-24)30(31,32)33)21-36-17-19-37(20-18-36)28(22-9-5-3-6-10-22)23-11-7-4-8-12-23/h3-16,28H,2,17-21H2,1H3,(H,34,35). The second-order valence-corrected chi connectivity index (χ2v) is 9.48. The van der Waals surface area contributed by atoms with Crippen LogP contribution in [0.5, 0.6) is 0 Å². The van der Waals surface area contributed by atoms with Gasteiger partial charge in [0.05, 0.1) is 23.0 Å². The lowest BCUT2D eigenvalue weighted by atomic mass is 9.96. The third-order valence-corrected chi connectivity index (χ3v) is 7.07. The van der Waals surface area contributed by atoms with Gasteiger partial charge in [0.2, 0.25) is 0 Å². The number of aromatic nitrogens is 2. The van der Waals surface area contributed by atoms with Crippen LogP contribution in [-0.4, -0.2) is 45.9 Å². The molecule has 1 saturated heterocycles. The minimum Gasteiger partial charge on any atom is -0.341 e. The van der Waals surface area contributed by atoms with Gasteiger partial charge in [0.1, 0.15) is 5.82 Å². The zero-order valence-corrected chi connectivity index (χ0v) is 20.9. The average Bonchev–Trinajstić information content (AvgIpc) is 3.33. The van der Waals surface area contributed by atoms with E-state index in [1.807, 2.05) is 0 Å². The van der Waals surface area contributed by atoms with Crippen LogP contribution < -0.4 is 0 Å². The Morgan fingerprint density at radius 3 is 1.89 bits per heavy atom. The van der Waals surface area contributed by atoms with Crippen molar-refractivity contribution < 1.29 is 13.2 Å². The Balaban J connectivity index is 1.28. The molecule has 5 rings (SSSR count). The van der Waals surface area contributed by atoms with Crippen molar-refractivity contribution in [1.82, 2.24) is 19.8 Å². The van der Waals surface area contributed by atoms with E-state index in [1.54, 1.807) is 0 Å². The minimum atomic E-state index is -4.34. The molecule has 2 heterocycles. The maximum atomic E-state index is 12.9. The van der Waals surface area contributed by atoms with Gasteiger partial charge in [-0.2, -0.15) is 13.2 Å². The lowest BCUT2D eigenvalue weighted by Gasteiger charge is -2.39. The molecule has 0 atom stereocenters. The highest BCUT2D eigenvalue weighted by Crippen LogP contribution is 2.32. The molecule has 1 N–H and O–H groups in total. The highest BCUT2D eigenvalue weighted by Gasteiger charge is 2.30. The van der Waals surface area contributed by atoms with Gasteiger partial charge >= 0.3 is 6.18 Å². The summed E-state index contributed by atoms with van der Waals surface area (Å²) in [4.78, 5) is 13.1. The number of nitrogens with zero attached hydrogens (tertiary/aromatic N) is 3. The molecule has 1 aliphatic heterocycles. The van der Waals surface area contributed by atoms with E-state index in [2.05, 4.69) is 82.4 Å². The molecule has 0 radical (unpaired) electrons. The topological polar surface area (TPSA) is 35.2 Å². The fourth-order valence-corrected chi connectivity index (χ4v) is 5.11. The van der Waals surface area contributed by atoms with Crippen LogP contribution in [0.2, 0.25) is 0 Å². The van der Waals surface area contributed by atoms with E-state index in [4.69, 9.17) is 4.98 Å². The van der Waals surface area contributed by atoms with Crippen LogP contribution in [0.15, 0.2) is 84.9 Å². The van der Waals surface area contributed by atoms with E-state index in [1.165, 1.54) is 23.3 Å². The van der Waals surface area contributed by atoms with Crippen molar-refractivity contribution in [1.29, 1.82) is 0 Å². The molecule has 0 unspecified atom stereocenters. The number of hydrogen-bond acceptors (Lipinski definition) is 3. The molecule has 192 valence electrons. The fourth-order valence-electron chi connectivity index (χ4n) is 5.11. The van der Waals surface area contributed by atoms with Crippen LogP contribution in [0.25, 0.3) is 11.4 Å². The van der Waals surface area contributed by atoms with Gasteiger partial charge in [0.15, 0.2) is 0 Å². The number of nitrogens with one attached hydrogen (secondary N) is 1. The van der Waals surface area contributed by atoms with E-state index in [0.717, 1.165) is 62.7 Å². The molecule has 1 aromatic heterocycles.